The smallest absolute Gasteiger partial charge is 0.383 e. The van der Waals surface area contributed by atoms with E-state index in [4.69, 9.17) is 5.11 Å². The van der Waals surface area contributed by atoms with Crippen molar-refractivity contribution < 1.29 is 32.3 Å². The number of carbonyl (C=O) groups is 2. The highest BCUT2D eigenvalue weighted by Crippen LogP contribution is 2.36. The minimum Gasteiger partial charge on any atom is -0.481 e. The molecule has 98 valence electrons. The molecule has 1 aliphatic rings. The van der Waals surface area contributed by atoms with Gasteiger partial charge in [0.2, 0.25) is 0 Å². The van der Waals surface area contributed by atoms with Crippen LogP contribution in [0.1, 0.15) is 25.7 Å². The first-order valence-electron chi connectivity index (χ1n) is 4.90. The number of alkyl halides is 4. The van der Waals surface area contributed by atoms with Crippen LogP contribution < -0.4 is 5.32 Å². The topological polar surface area (TPSA) is 66.4 Å². The molecule has 0 heterocycles. The zero-order valence-electron chi connectivity index (χ0n) is 8.68. The number of hydrogen-bond acceptors (Lipinski definition) is 2. The van der Waals surface area contributed by atoms with Gasteiger partial charge >= 0.3 is 18.3 Å². The fourth-order valence-corrected chi connectivity index (χ4v) is 1.66. The van der Waals surface area contributed by atoms with E-state index in [0.29, 0.717) is 6.42 Å². The Morgan fingerprint density at radius 2 is 1.88 bits per heavy atom. The molecule has 8 heteroatoms. The summed E-state index contributed by atoms with van der Waals surface area (Å²) in [6.45, 7) is 0. The van der Waals surface area contributed by atoms with Gasteiger partial charge in [0.1, 0.15) is 0 Å². The molecule has 0 saturated heterocycles. The van der Waals surface area contributed by atoms with Gasteiger partial charge in [0, 0.05) is 0 Å². The Bertz CT molecular complexity index is 328. The van der Waals surface area contributed by atoms with E-state index >= 15 is 0 Å². The standard InChI is InChI=1S/C9H11F4NO3/c10-6(11)9(12,13)7(17)14-8(2-1-3-8)4-5(15)16/h6H,1-4H2,(H,14,17)(H,15,16). The highest BCUT2D eigenvalue weighted by atomic mass is 19.3. The third-order valence-electron chi connectivity index (χ3n) is 2.76. The lowest BCUT2D eigenvalue weighted by molar-refractivity contribution is -0.173. The molecule has 0 atom stereocenters. The zero-order chi connectivity index (χ0) is 13.3. The summed E-state index contributed by atoms with van der Waals surface area (Å²) in [5.41, 5.74) is -1.30. The van der Waals surface area contributed by atoms with Crippen molar-refractivity contribution in [3.05, 3.63) is 0 Å². The molecule has 1 aliphatic carbocycles. The van der Waals surface area contributed by atoms with E-state index in [1.165, 1.54) is 0 Å². The highest BCUT2D eigenvalue weighted by molar-refractivity contribution is 5.85. The summed E-state index contributed by atoms with van der Waals surface area (Å²) in [6, 6.07) is 0. The third-order valence-corrected chi connectivity index (χ3v) is 2.76. The second kappa shape index (κ2) is 4.50. The first-order chi connectivity index (χ1) is 7.69. The van der Waals surface area contributed by atoms with Crippen LogP contribution in [-0.4, -0.2) is 34.9 Å². The van der Waals surface area contributed by atoms with E-state index in [0.717, 1.165) is 0 Å². The zero-order valence-corrected chi connectivity index (χ0v) is 8.68. The summed E-state index contributed by atoms with van der Waals surface area (Å²) in [5, 5.41) is 10.3. The summed E-state index contributed by atoms with van der Waals surface area (Å²) in [4.78, 5) is 21.4. The van der Waals surface area contributed by atoms with E-state index in [2.05, 4.69) is 0 Å². The van der Waals surface area contributed by atoms with E-state index in [9.17, 15) is 27.2 Å². The Balaban J connectivity index is 2.69. The molecule has 4 nitrogen and oxygen atoms in total. The minimum absolute atomic E-state index is 0.199. The number of halogens is 4. The Hall–Kier alpha value is -1.34. The summed E-state index contributed by atoms with van der Waals surface area (Å²) < 4.78 is 49.1. The lowest BCUT2D eigenvalue weighted by atomic mass is 9.74. The van der Waals surface area contributed by atoms with E-state index in [1.807, 2.05) is 0 Å². The number of carbonyl (C=O) groups excluding carboxylic acids is 1. The molecule has 1 amide bonds. The van der Waals surface area contributed by atoms with E-state index in [1.54, 1.807) is 5.32 Å². The van der Waals surface area contributed by atoms with Gasteiger partial charge in [0.15, 0.2) is 0 Å². The van der Waals surface area contributed by atoms with Gasteiger partial charge in [-0.2, -0.15) is 8.78 Å². The van der Waals surface area contributed by atoms with Crippen molar-refractivity contribution in [1.29, 1.82) is 0 Å². The van der Waals surface area contributed by atoms with Gasteiger partial charge < -0.3 is 10.4 Å². The van der Waals surface area contributed by atoms with Crippen molar-refractivity contribution in [3.8, 4) is 0 Å². The number of aliphatic carboxylic acids is 1. The monoisotopic (exact) mass is 257 g/mol. The minimum atomic E-state index is -4.79. The Labute approximate surface area is 94.0 Å². The average Bonchev–Trinajstić information content (AvgIpc) is 2.12. The first-order valence-corrected chi connectivity index (χ1v) is 4.90. The van der Waals surface area contributed by atoms with Gasteiger partial charge in [-0.15, -0.1) is 0 Å². The van der Waals surface area contributed by atoms with Gasteiger partial charge in [-0.25, -0.2) is 8.78 Å². The maximum atomic E-state index is 12.7. The van der Waals surface area contributed by atoms with Crippen molar-refractivity contribution in [2.45, 2.75) is 43.6 Å². The van der Waals surface area contributed by atoms with Gasteiger partial charge in [-0.05, 0) is 19.3 Å². The summed E-state index contributed by atoms with van der Waals surface area (Å²) >= 11 is 0. The lowest BCUT2D eigenvalue weighted by Gasteiger charge is -2.42. The molecule has 2 N–H and O–H groups in total. The molecular formula is C9H11F4NO3. The molecule has 1 saturated carbocycles. The van der Waals surface area contributed by atoms with Crippen LogP contribution >= 0.6 is 0 Å². The van der Waals surface area contributed by atoms with Crippen molar-refractivity contribution in [3.63, 3.8) is 0 Å². The normalized spacial score (nSPS) is 18.6. The van der Waals surface area contributed by atoms with Crippen LogP contribution in [0.5, 0.6) is 0 Å². The number of carboxylic acids is 1. The number of rotatable bonds is 5. The second-order valence-electron chi connectivity index (χ2n) is 4.08. The van der Waals surface area contributed by atoms with Gasteiger partial charge in [-0.1, -0.05) is 0 Å². The molecule has 1 fully saturated rings. The molecule has 0 unspecified atom stereocenters. The van der Waals surface area contributed by atoms with Crippen LogP contribution in [0.3, 0.4) is 0 Å². The SMILES string of the molecule is O=C(O)CC1(NC(=O)C(F)(F)C(F)F)CCC1. The molecule has 0 spiro atoms. The molecule has 17 heavy (non-hydrogen) atoms. The van der Waals surface area contributed by atoms with Crippen LogP contribution in [0.2, 0.25) is 0 Å². The fourth-order valence-electron chi connectivity index (χ4n) is 1.66. The van der Waals surface area contributed by atoms with Crippen molar-refractivity contribution in [2.24, 2.45) is 0 Å². The highest BCUT2D eigenvalue weighted by Gasteiger charge is 2.52. The summed E-state index contributed by atoms with van der Waals surface area (Å²) in [6.07, 6.45) is -3.69. The molecule has 0 bridgehead atoms. The predicted molar refractivity (Wildman–Crippen MR) is 47.9 cm³/mol. The summed E-state index contributed by atoms with van der Waals surface area (Å²) in [5.74, 6) is -8.18. The van der Waals surface area contributed by atoms with Gasteiger partial charge in [0.05, 0.1) is 12.0 Å². The Morgan fingerprint density at radius 3 is 2.18 bits per heavy atom. The number of hydrogen-bond donors (Lipinski definition) is 2. The Morgan fingerprint density at radius 1 is 1.35 bits per heavy atom. The van der Waals surface area contributed by atoms with Crippen molar-refractivity contribution in [1.82, 2.24) is 5.32 Å². The molecule has 0 radical (unpaired) electrons. The Kier molecular flexibility index (Phi) is 3.63. The predicted octanol–water partition coefficient (Wildman–Crippen LogP) is 1.40. The maximum Gasteiger partial charge on any atom is 0.383 e. The second-order valence-corrected chi connectivity index (χ2v) is 4.08. The number of amides is 1. The third kappa shape index (κ3) is 2.86. The lowest BCUT2D eigenvalue weighted by Crippen LogP contribution is -2.59. The van der Waals surface area contributed by atoms with E-state index in [-0.39, 0.29) is 12.8 Å². The molecule has 0 aromatic rings. The van der Waals surface area contributed by atoms with Crippen LogP contribution in [0, 0.1) is 0 Å². The van der Waals surface area contributed by atoms with Crippen molar-refractivity contribution >= 4 is 11.9 Å². The largest absolute Gasteiger partial charge is 0.481 e. The van der Waals surface area contributed by atoms with Crippen LogP contribution in [-0.2, 0) is 9.59 Å². The summed E-state index contributed by atoms with van der Waals surface area (Å²) in [7, 11) is 0. The van der Waals surface area contributed by atoms with Crippen LogP contribution in [0.15, 0.2) is 0 Å². The van der Waals surface area contributed by atoms with Gasteiger partial charge in [-0.3, -0.25) is 9.59 Å². The van der Waals surface area contributed by atoms with Crippen LogP contribution in [0.25, 0.3) is 0 Å². The number of carboxylic acid groups (broad SMARTS) is 1. The molecular weight excluding hydrogens is 246 g/mol. The van der Waals surface area contributed by atoms with Gasteiger partial charge in [0.25, 0.3) is 5.91 Å². The quantitative estimate of drug-likeness (QED) is 0.731. The van der Waals surface area contributed by atoms with E-state index < -0.39 is 36.2 Å². The molecule has 0 aromatic heterocycles. The number of nitrogens with one attached hydrogen (secondary N) is 1. The molecule has 0 aliphatic heterocycles. The van der Waals surface area contributed by atoms with Crippen LogP contribution in [0.4, 0.5) is 17.6 Å². The fraction of sp³-hybridized carbons (Fsp3) is 0.778. The molecule has 1 rings (SSSR count). The molecule has 0 aromatic carbocycles. The maximum absolute atomic E-state index is 12.7. The average molecular weight is 257 g/mol. The van der Waals surface area contributed by atoms with Crippen molar-refractivity contribution in [2.75, 3.05) is 0 Å². The first kappa shape index (κ1) is 13.7.